The number of rotatable bonds is 9. The van der Waals surface area contributed by atoms with Crippen molar-refractivity contribution in [2.24, 2.45) is 0 Å². The molecule has 1 heteroatoms. The summed E-state index contributed by atoms with van der Waals surface area (Å²) in [6.45, 7) is 3.81. The molecule has 1 N–H and O–H groups in total. The van der Waals surface area contributed by atoms with Gasteiger partial charge in [0.2, 0.25) is 0 Å². The topological polar surface area (TPSA) is 23.9 Å². The molecule has 0 aromatic heterocycles. The first-order chi connectivity index (χ1) is 5.91. The van der Waals surface area contributed by atoms with Gasteiger partial charge in [-0.25, -0.2) is 0 Å². The summed E-state index contributed by atoms with van der Waals surface area (Å²) in [7, 11) is 0. The molecule has 0 unspecified atom stereocenters. The van der Waals surface area contributed by atoms with Crippen LogP contribution in [0.1, 0.15) is 57.8 Å². The highest BCUT2D eigenvalue weighted by atomic mass is 14.3. The van der Waals surface area contributed by atoms with Crippen LogP contribution in [0.3, 0.4) is 0 Å². The van der Waals surface area contributed by atoms with Crippen LogP contribution in [0, 0.1) is 12.3 Å². The van der Waals surface area contributed by atoms with Crippen molar-refractivity contribution in [1.82, 2.24) is 0 Å². The summed E-state index contributed by atoms with van der Waals surface area (Å²) in [4.78, 5) is 0. The van der Waals surface area contributed by atoms with Crippen LogP contribution in [0.25, 0.3) is 0 Å². The molecule has 0 heterocycles. The highest BCUT2D eigenvalue weighted by Crippen LogP contribution is 2.08. The van der Waals surface area contributed by atoms with Gasteiger partial charge >= 0.3 is 0 Å². The van der Waals surface area contributed by atoms with Crippen molar-refractivity contribution in [2.75, 3.05) is 0 Å². The van der Waals surface area contributed by atoms with Crippen molar-refractivity contribution in [3.05, 3.63) is 6.92 Å². The van der Waals surface area contributed by atoms with E-state index in [-0.39, 0.29) is 0 Å². The largest absolute Gasteiger partial charge is 0.303 e. The number of hydrogen-bond donors (Lipinski definition) is 1. The minimum atomic E-state index is 0.846. The SMILES string of the molecule is [CH2]CCCCCCCCC[C]=N. The molecule has 0 bridgehead atoms. The van der Waals surface area contributed by atoms with E-state index in [2.05, 4.69) is 13.1 Å². The van der Waals surface area contributed by atoms with Crippen molar-refractivity contribution in [3.8, 4) is 0 Å². The van der Waals surface area contributed by atoms with E-state index in [1.165, 1.54) is 38.5 Å². The van der Waals surface area contributed by atoms with E-state index >= 15 is 0 Å². The van der Waals surface area contributed by atoms with Crippen LogP contribution in [0.4, 0.5) is 0 Å². The summed E-state index contributed by atoms with van der Waals surface area (Å²) in [5, 5.41) is 6.72. The number of unbranched alkanes of at least 4 members (excludes halogenated alkanes) is 8. The van der Waals surface area contributed by atoms with Gasteiger partial charge in [0.1, 0.15) is 0 Å². The summed E-state index contributed by atoms with van der Waals surface area (Å²) in [5.41, 5.74) is 0. The maximum absolute atomic E-state index is 6.72. The number of hydrogen-bond acceptors (Lipinski definition) is 1. The highest BCUT2D eigenvalue weighted by molar-refractivity contribution is 5.52. The first kappa shape index (κ1) is 11.7. The fourth-order valence-electron chi connectivity index (χ4n) is 1.27. The zero-order chi connectivity index (χ0) is 9.07. The normalized spacial score (nSPS) is 10.1. The lowest BCUT2D eigenvalue weighted by Gasteiger charge is -1.98. The zero-order valence-electron chi connectivity index (χ0n) is 8.07. The van der Waals surface area contributed by atoms with Gasteiger partial charge in [-0.1, -0.05) is 51.9 Å². The zero-order valence-corrected chi connectivity index (χ0v) is 8.07. The van der Waals surface area contributed by atoms with Gasteiger partial charge in [0.15, 0.2) is 0 Å². The maximum Gasteiger partial charge on any atom is 0.0521 e. The molecular weight excluding hydrogens is 146 g/mol. The van der Waals surface area contributed by atoms with E-state index in [0.29, 0.717) is 0 Å². The van der Waals surface area contributed by atoms with E-state index in [0.717, 1.165) is 19.3 Å². The third-order valence-electron chi connectivity index (χ3n) is 2.05. The standard InChI is InChI=1S/C11H21N/c1-2-3-4-5-6-7-8-9-10-11-12/h12H,1-10H2. The summed E-state index contributed by atoms with van der Waals surface area (Å²) in [6.07, 6.45) is 13.5. The Kier molecular flexibility index (Phi) is 10.4. The van der Waals surface area contributed by atoms with E-state index in [1.54, 1.807) is 0 Å². The molecule has 0 amide bonds. The Morgan fingerprint density at radius 2 is 1.33 bits per heavy atom. The first-order valence-electron chi connectivity index (χ1n) is 5.10. The molecule has 0 aliphatic rings. The van der Waals surface area contributed by atoms with Crippen molar-refractivity contribution < 1.29 is 0 Å². The van der Waals surface area contributed by atoms with Crippen molar-refractivity contribution in [2.45, 2.75) is 57.8 Å². The molecule has 0 atom stereocenters. The Hall–Kier alpha value is -0.330. The summed E-state index contributed by atoms with van der Waals surface area (Å²) < 4.78 is 0. The minimum absolute atomic E-state index is 0.846. The van der Waals surface area contributed by atoms with Crippen molar-refractivity contribution in [1.29, 1.82) is 5.41 Å². The molecular formula is C11H21N. The molecule has 0 aliphatic carbocycles. The smallest absolute Gasteiger partial charge is 0.0521 e. The maximum atomic E-state index is 6.72. The van der Waals surface area contributed by atoms with Crippen LogP contribution in [-0.4, -0.2) is 6.21 Å². The van der Waals surface area contributed by atoms with E-state index in [4.69, 9.17) is 5.41 Å². The van der Waals surface area contributed by atoms with Gasteiger partial charge in [0, 0.05) is 0 Å². The minimum Gasteiger partial charge on any atom is -0.303 e. The van der Waals surface area contributed by atoms with Gasteiger partial charge < -0.3 is 5.41 Å². The highest BCUT2D eigenvalue weighted by Gasteiger charge is 1.89. The van der Waals surface area contributed by atoms with Crippen molar-refractivity contribution >= 4 is 6.21 Å². The fourth-order valence-corrected chi connectivity index (χ4v) is 1.27. The molecule has 1 nitrogen and oxygen atoms in total. The molecule has 2 radical (unpaired) electrons. The van der Waals surface area contributed by atoms with Gasteiger partial charge in [-0.05, 0) is 12.8 Å². The van der Waals surface area contributed by atoms with Crippen LogP contribution in [0.2, 0.25) is 0 Å². The summed E-state index contributed by atoms with van der Waals surface area (Å²) in [6, 6.07) is 0. The third-order valence-corrected chi connectivity index (χ3v) is 2.05. The lowest BCUT2D eigenvalue weighted by Crippen LogP contribution is -1.80. The first-order valence-corrected chi connectivity index (χ1v) is 5.10. The number of nitrogens with one attached hydrogen (secondary N) is 1. The molecule has 0 fully saturated rings. The van der Waals surface area contributed by atoms with Gasteiger partial charge in [-0.15, -0.1) is 0 Å². The molecule has 0 rings (SSSR count). The van der Waals surface area contributed by atoms with Crippen LogP contribution in [0.5, 0.6) is 0 Å². The average molecular weight is 167 g/mol. The van der Waals surface area contributed by atoms with E-state index in [1.807, 2.05) is 0 Å². The lowest BCUT2D eigenvalue weighted by molar-refractivity contribution is 0.586. The van der Waals surface area contributed by atoms with Gasteiger partial charge in [0.05, 0.1) is 6.21 Å². The van der Waals surface area contributed by atoms with Crippen LogP contribution in [0.15, 0.2) is 0 Å². The summed E-state index contributed by atoms with van der Waals surface area (Å²) >= 11 is 0. The van der Waals surface area contributed by atoms with Crippen LogP contribution in [-0.2, 0) is 0 Å². The molecule has 70 valence electrons. The third kappa shape index (κ3) is 9.67. The molecule has 12 heavy (non-hydrogen) atoms. The molecule has 0 aliphatic heterocycles. The Balaban J connectivity index is 2.77. The molecule has 0 aromatic carbocycles. The molecule has 0 saturated carbocycles. The second-order valence-corrected chi connectivity index (χ2v) is 3.26. The average Bonchev–Trinajstić information content (AvgIpc) is 2.10. The van der Waals surface area contributed by atoms with E-state index in [9.17, 15) is 0 Å². The Bertz CT molecular complexity index is 89.0. The summed E-state index contributed by atoms with van der Waals surface area (Å²) in [5.74, 6) is 0. The Morgan fingerprint density at radius 1 is 0.833 bits per heavy atom. The van der Waals surface area contributed by atoms with E-state index < -0.39 is 0 Å². The van der Waals surface area contributed by atoms with Crippen LogP contribution < -0.4 is 0 Å². The predicted molar refractivity (Wildman–Crippen MR) is 54.6 cm³/mol. The lowest BCUT2D eigenvalue weighted by atomic mass is 10.1. The van der Waals surface area contributed by atoms with Gasteiger partial charge in [0.25, 0.3) is 0 Å². The Labute approximate surface area is 77.1 Å². The van der Waals surface area contributed by atoms with Crippen molar-refractivity contribution in [3.63, 3.8) is 0 Å². The molecule has 0 saturated heterocycles. The monoisotopic (exact) mass is 167 g/mol. The Morgan fingerprint density at radius 3 is 1.83 bits per heavy atom. The van der Waals surface area contributed by atoms with Gasteiger partial charge in [-0.2, -0.15) is 0 Å². The molecule has 0 aromatic rings. The predicted octanol–water partition coefficient (Wildman–Crippen LogP) is 3.86. The second kappa shape index (κ2) is 10.7. The quantitative estimate of drug-likeness (QED) is 0.398. The second-order valence-electron chi connectivity index (χ2n) is 3.26. The van der Waals surface area contributed by atoms with Gasteiger partial charge in [-0.3, -0.25) is 0 Å². The fraction of sp³-hybridized carbons (Fsp3) is 0.818. The molecule has 0 spiro atoms. The van der Waals surface area contributed by atoms with Crippen LogP contribution >= 0.6 is 0 Å².